The second-order valence-corrected chi connectivity index (χ2v) is 7.27. The Balaban J connectivity index is 1.76. The number of benzene rings is 1. The number of fused-ring (bicyclic) bond motifs is 1. The fraction of sp³-hybridized carbons (Fsp3) is 0.700. The summed E-state index contributed by atoms with van der Waals surface area (Å²) in [4.78, 5) is 7.55. The van der Waals surface area contributed by atoms with Gasteiger partial charge >= 0.3 is 0 Å². The van der Waals surface area contributed by atoms with E-state index in [9.17, 15) is 0 Å². The van der Waals surface area contributed by atoms with Crippen LogP contribution in [-0.4, -0.2) is 67.6 Å². The molecular formula is C20H33N3O. The molecule has 0 aliphatic carbocycles. The number of nitrogens with zero attached hydrogens (tertiary/aromatic N) is 3. The quantitative estimate of drug-likeness (QED) is 0.797. The first kappa shape index (κ1) is 17.7. The van der Waals surface area contributed by atoms with Crippen LogP contribution in [0.25, 0.3) is 0 Å². The number of piperazine rings is 1. The van der Waals surface area contributed by atoms with Crippen molar-refractivity contribution in [3.63, 3.8) is 0 Å². The highest BCUT2D eigenvalue weighted by molar-refractivity contribution is 5.44. The summed E-state index contributed by atoms with van der Waals surface area (Å²) < 4.78 is 6.01. The van der Waals surface area contributed by atoms with Crippen molar-refractivity contribution in [2.24, 2.45) is 0 Å². The first-order valence-corrected chi connectivity index (χ1v) is 9.60. The Kier molecular flexibility index (Phi) is 6.14. The van der Waals surface area contributed by atoms with E-state index in [1.807, 2.05) is 0 Å². The van der Waals surface area contributed by atoms with E-state index < -0.39 is 0 Å². The molecule has 0 bridgehead atoms. The zero-order valence-electron chi connectivity index (χ0n) is 15.7. The minimum atomic E-state index is 0.743. The van der Waals surface area contributed by atoms with Gasteiger partial charge in [-0.05, 0) is 50.6 Å². The molecule has 0 N–H and O–H groups in total. The maximum Gasteiger partial charge on any atom is 0.124 e. The molecule has 24 heavy (non-hydrogen) atoms. The molecule has 1 fully saturated rings. The first-order chi connectivity index (χ1) is 11.7. The Morgan fingerprint density at radius 3 is 2.46 bits per heavy atom. The second kappa shape index (κ2) is 8.32. The summed E-state index contributed by atoms with van der Waals surface area (Å²) in [6.07, 6.45) is 2.41. The lowest BCUT2D eigenvalue weighted by Crippen LogP contribution is -2.44. The van der Waals surface area contributed by atoms with E-state index in [0.717, 1.165) is 38.5 Å². The van der Waals surface area contributed by atoms with Crippen molar-refractivity contribution in [3.8, 4) is 5.75 Å². The minimum Gasteiger partial charge on any atom is -0.494 e. The lowest BCUT2D eigenvalue weighted by molar-refractivity contribution is 0.146. The van der Waals surface area contributed by atoms with Crippen molar-refractivity contribution >= 4 is 0 Å². The fourth-order valence-corrected chi connectivity index (χ4v) is 3.86. The summed E-state index contributed by atoms with van der Waals surface area (Å²) in [6, 6.07) is 4.76. The predicted molar refractivity (Wildman–Crippen MR) is 99.7 cm³/mol. The fourth-order valence-electron chi connectivity index (χ4n) is 3.86. The van der Waals surface area contributed by atoms with E-state index in [1.54, 1.807) is 0 Å². The van der Waals surface area contributed by atoms with Crippen molar-refractivity contribution < 1.29 is 4.74 Å². The van der Waals surface area contributed by atoms with Gasteiger partial charge in [0.25, 0.3) is 0 Å². The van der Waals surface area contributed by atoms with Crippen molar-refractivity contribution in [3.05, 3.63) is 28.8 Å². The van der Waals surface area contributed by atoms with Crippen LogP contribution in [0.3, 0.4) is 0 Å². The molecule has 1 saturated heterocycles. The number of likely N-dealkylation sites (N-methyl/N-ethyl adjacent to an activating group) is 1. The first-order valence-electron chi connectivity index (χ1n) is 9.60. The topological polar surface area (TPSA) is 19.0 Å². The van der Waals surface area contributed by atoms with E-state index in [-0.39, 0.29) is 0 Å². The third-order valence-corrected chi connectivity index (χ3v) is 5.30. The number of rotatable bonds is 6. The van der Waals surface area contributed by atoms with Gasteiger partial charge in [0.2, 0.25) is 0 Å². The summed E-state index contributed by atoms with van der Waals surface area (Å²) in [5, 5.41) is 0. The van der Waals surface area contributed by atoms with Gasteiger partial charge in [0.05, 0.1) is 6.61 Å². The lowest BCUT2D eigenvalue weighted by Gasteiger charge is -2.33. The molecule has 2 aliphatic rings. The molecule has 1 aromatic rings. The Labute approximate surface area is 147 Å². The van der Waals surface area contributed by atoms with Gasteiger partial charge in [-0.25, -0.2) is 0 Å². The van der Waals surface area contributed by atoms with Crippen LogP contribution in [0.1, 0.15) is 37.0 Å². The van der Waals surface area contributed by atoms with Crippen molar-refractivity contribution in [2.75, 3.05) is 52.9 Å². The van der Waals surface area contributed by atoms with Gasteiger partial charge in [0, 0.05) is 51.4 Å². The molecule has 0 saturated carbocycles. The minimum absolute atomic E-state index is 0.743. The summed E-state index contributed by atoms with van der Waals surface area (Å²) in [6.45, 7) is 14.2. The third-order valence-electron chi connectivity index (χ3n) is 5.30. The zero-order chi connectivity index (χ0) is 16.9. The van der Waals surface area contributed by atoms with Crippen LogP contribution in [0.2, 0.25) is 0 Å². The highest BCUT2D eigenvalue weighted by Gasteiger charge is 2.21. The van der Waals surface area contributed by atoms with E-state index in [0.29, 0.717) is 0 Å². The van der Waals surface area contributed by atoms with E-state index in [1.165, 1.54) is 55.7 Å². The number of hydrogen-bond donors (Lipinski definition) is 0. The molecule has 2 heterocycles. The molecule has 0 atom stereocenters. The Morgan fingerprint density at radius 1 is 0.958 bits per heavy atom. The molecule has 4 nitrogen and oxygen atoms in total. The zero-order valence-corrected chi connectivity index (χ0v) is 15.7. The molecule has 3 rings (SSSR count). The van der Waals surface area contributed by atoms with Crippen LogP contribution < -0.4 is 4.74 Å². The Hall–Kier alpha value is -1.10. The molecule has 0 spiro atoms. The molecule has 134 valence electrons. The summed E-state index contributed by atoms with van der Waals surface area (Å²) in [5.74, 6) is 1.11. The van der Waals surface area contributed by atoms with Gasteiger partial charge in [0.1, 0.15) is 5.75 Å². The number of ether oxygens (including phenoxy) is 1. The van der Waals surface area contributed by atoms with Crippen molar-refractivity contribution in [1.29, 1.82) is 0 Å². The average Bonchev–Trinajstić information content (AvgIpc) is 2.58. The van der Waals surface area contributed by atoms with Gasteiger partial charge in [0.15, 0.2) is 0 Å². The molecule has 4 heteroatoms. The van der Waals surface area contributed by atoms with Crippen LogP contribution in [0.5, 0.6) is 5.75 Å². The van der Waals surface area contributed by atoms with Crippen LogP contribution >= 0.6 is 0 Å². The summed E-state index contributed by atoms with van der Waals surface area (Å²) in [5.41, 5.74) is 4.39. The average molecular weight is 332 g/mol. The molecular weight excluding hydrogens is 298 g/mol. The Morgan fingerprint density at radius 2 is 1.75 bits per heavy atom. The molecule has 0 amide bonds. The van der Waals surface area contributed by atoms with Gasteiger partial charge in [-0.2, -0.15) is 0 Å². The van der Waals surface area contributed by atoms with Gasteiger partial charge in [-0.3, -0.25) is 9.80 Å². The molecule has 0 aromatic heterocycles. The maximum absolute atomic E-state index is 6.01. The maximum atomic E-state index is 6.01. The predicted octanol–water partition coefficient (Wildman–Crippen LogP) is 2.60. The van der Waals surface area contributed by atoms with E-state index >= 15 is 0 Å². The molecule has 0 unspecified atom stereocenters. The largest absolute Gasteiger partial charge is 0.494 e. The normalized spacial score (nSPS) is 20.1. The van der Waals surface area contributed by atoms with Crippen LogP contribution in [-0.2, 0) is 19.5 Å². The second-order valence-electron chi connectivity index (χ2n) is 7.27. The van der Waals surface area contributed by atoms with Crippen LogP contribution in [0.4, 0.5) is 0 Å². The SMILES string of the molecule is CCCN1CCc2cc(CN3CCN(C)CC3)c(OCC)cc2C1. The molecule has 0 radical (unpaired) electrons. The highest BCUT2D eigenvalue weighted by Crippen LogP contribution is 2.29. The van der Waals surface area contributed by atoms with E-state index in [2.05, 4.69) is 47.7 Å². The molecule has 2 aliphatic heterocycles. The lowest BCUT2D eigenvalue weighted by atomic mass is 9.96. The number of hydrogen-bond acceptors (Lipinski definition) is 4. The monoisotopic (exact) mass is 331 g/mol. The van der Waals surface area contributed by atoms with E-state index in [4.69, 9.17) is 4.74 Å². The third kappa shape index (κ3) is 4.29. The van der Waals surface area contributed by atoms with Gasteiger partial charge in [-0.15, -0.1) is 0 Å². The van der Waals surface area contributed by atoms with Crippen molar-refractivity contribution in [2.45, 2.75) is 39.8 Å². The molecule has 1 aromatic carbocycles. The van der Waals surface area contributed by atoms with Crippen LogP contribution in [0, 0.1) is 0 Å². The summed E-state index contributed by atoms with van der Waals surface area (Å²) in [7, 11) is 2.21. The Bertz CT molecular complexity index is 538. The standard InChI is InChI=1S/C20H33N3O/c1-4-7-22-8-6-17-13-19(16-23-11-9-21(3)10-12-23)20(24-5-2)14-18(17)15-22/h13-14H,4-12,15-16H2,1-3H3. The van der Waals surface area contributed by atoms with Crippen molar-refractivity contribution in [1.82, 2.24) is 14.7 Å². The highest BCUT2D eigenvalue weighted by atomic mass is 16.5. The van der Waals surface area contributed by atoms with Gasteiger partial charge < -0.3 is 9.64 Å². The van der Waals surface area contributed by atoms with Crippen LogP contribution in [0.15, 0.2) is 12.1 Å². The summed E-state index contributed by atoms with van der Waals surface area (Å²) >= 11 is 0. The smallest absolute Gasteiger partial charge is 0.124 e. The van der Waals surface area contributed by atoms with Gasteiger partial charge in [-0.1, -0.05) is 13.0 Å².